The van der Waals surface area contributed by atoms with Crippen molar-refractivity contribution < 1.29 is 27.9 Å². The number of aliphatic carboxylic acids is 1. The number of nitrogens with one attached hydrogen (secondary N) is 2. The largest absolute Gasteiger partial charge is 0.480 e. The second-order valence-electron chi connectivity index (χ2n) is 5.48. The SMILES string of the molecule is O=C1CC[C@H](C(=O)N[C@H](CCS(=O)(=O)c2ccccc2)C(=O)O)N1. The maximum atomic E-state index is 12.2. The molecule has 8 nitrogen and oxygen atoms in total. The highest BCUT2D eigenvalue weighted by Crippen LogP contribution is 2.13. The Morgan fingerprint density at radius 2 is 1.96 bits per heavy atom. The number of rotatable bonds is 7. The Bertz CT molecular complexity index is 732. The summed E-state index contributed by atoms with van der Waals surface area (Å²) in [5.74, 6) is -2.62. The summed E-state index contributed by atoms with van der Waals surface area (Å²) >= 11 is 0. The summed E-state index contributed by atoms with van der Waals surface area (Å²) in [5, 5.41) is 13.9. The molecule has 1 fully saturated rings. The molecule has 1 aromatic carbocycles. The van der Waals surface area contributed by atoms with E-state index in [4.69, 9.17) is 0 Å². The van der Waals surface area contributed by atoms with Crippen LogP contribution in [0.3, 0.4) is 0 Å². The van der Waals surface area contributed by atoms with E-state index < -0.39 is 39.6 Å². The molecule has 3 N–H and O–H groups in total. The number of amides is 2. The second kappa shape index (κ2) is 7.43. The third-order valence-electron chi connectivity index (χ3n) is 3.70. The van der Waals surface area contributed by atoms with Crippen LogP contribution in [0.25, 0.3) is 0 Å². The minimum Gasteiger partial charge on any atom is -0.480 e. The van der Waals surface area contributed by atoms with Crippen molar-refractivity contribution in [2.75, 3.05) is 5.75 Å². The fraction of sp³-hybridized carbons (Fsp3) is 0.400. The number of carboxylic acids is 1. The molecule has 1 saturated heterocycles. The first-order valence-corrected chi connectivity index (χ1v) is 9.05. The van der Waals surface area contributed by atoms with E-state index in [1.165, 1.54) is 12.1 Å². The summed E-state index contributed by atoms with van der Waals surface area (Å²) in [4.78, 5) is 34.4. The van der Waals surface area contributed by atoms with E-state index in [2.05, 4.69) is 10.6 Å². The lowest BCUT2D eigenvalue weighted by Gasteiger charge is -2.17. The van der Waals surface area contributed by atoms with Crippen molar-refractivity contribution in [1.82, 2.24) is 10.6 Å². The van der Waals surface area contributed by atoms with Gasteiger partial charge < -0.3 is 15.7 Å². The predicted octanol–water partition coefficient (Wildman–Crippen LogP) is -0.302. The van der Waals surface area contributed by atoms with Crippen LogP contribution in [0.15, 0.2) is 35.2 Å². The van der Waals surface area contributed by atoms with Gasteiger partial charge in [0.15, 0.2) is 9.84 Å². The molecular weight excluding hydrogens is 336 g/mol. The smallest absolute Gasteiger partial charge is 0.326 e. The van der Waals surface area contributed by atoms with Gasteiger partial charge in [-0.1, -0.05) is 18.2 Å². The molecule has 0 aromatic heterocycles. The standard InChI is InChI=1S/C15H18N2O6S/c18-13-7-6-11(16-13)14(19)17-12(15(20)21)8-9-24(22,23)10-4-2-1-3-5-10/h1-5,11-12H,6-9H2,(H,16,18)(H,17,19)(H,20,21)/t11-,12-/m1/s1. The Labute approximate surface area is 139 Å². The van der Waals surface area contributed by atoms with Gasteiger partial charge in [-0.15, -0.1) is 0 Å². The van der Waals surface area contributed by atoms with Gasteiger partial charge in [0.25, 0.3) is 0 Å². The van der Waals surface area contributed by atoms with Crippen molar-refractivity contribution in [3.63, 3.8) is 0 Å². The fourth-order valence-corrected chi connectivity index (χ4v) is 3.71. The molecule has 2 amide bonds. The Hall–Kier alpha value is -2.42. The predicted molar refractivity (Wildman–Crippen MR) is 83.8 cm³/mol. The molecule has 0 spiro atoms. The Kier molecular flexibility index (Phi) is 5.55. The number of hydrogen-bond acceptors (Lipinski definition) is 5. The zero-order chi connectivity index (χ0) is 17.7. The van der Waals surface area contributed by atoms with Crippen molar-refractivity contribution in [2.24, 2.45) is 0 Å². The lowest BCUT2D eigenvalue weighted by Crippen LogP contribution is -2.49. The Morgan fingerprint density at radius 3 is 2.50 bits per heavy atom. The van der Waals surface area contributed by atoms with Crippen molar-refractivity contribution in [3.8, 4) is 0 Å². The fourth-order valence-electron chi connectivity index (χ4n) is 2.36. The summed E-state index contributed by atoms with van der Waals surface area (Å²) < 4.78 is 24.4. The number of carboxylic acid groups (broad SMARTS) is 1. The van der Waals surface area contributed by atoms with E-state index in [1.807, 2.05) is 0 Å². The van der Waals surface area contributed by atoms with Crippen molar-refractivity contribution in [3.05, 3.63) is 30.3 Å². The van der Waals surface area contributed by atoms with Crippen LogP contribution in [0.2, 0.25) is 0 Å². The van der Waals surface area contributed by atoms with Crippen LogP contribution in [0.1, 0.15) is 19.3 Å². The van der Waals surface area contributed by atoms with E-state index in [0.717, 1.165) is 0 Å². The zero-order valence-electron chi connectivity index (χ0n) is 12.8. The van der Waals surface area contributed by atoms with Crippen molar-refractivity contribution in [2.45, 2.75) is 36.2 Å². The van der Waals surface area contributed by atoms with Gasteiger partial charge in [-0.2, -0.15) is 0 Å². The molecule has 1 aliphatic rings. The number of carbonyl (C=O) groups is 3. The summed E-state index contributed by atoms with van der Waals surface area (Å²) in [6.45, 7) is 0. The average Bonchev–Trinajstić information content (AvgIpc) is 2.98. The lowest BCUT2D eigenvalue weighted by atomic mass is 10.1. The van der Waals surface area contributed by atoms with Crippen LogP contribution in [0.5, 0.6) is 0 Å². The maximum Gasteiger partial charge on any atom is 0.326 e. The zero-order valence-corrected chi connectivity index (χ0v) is 13.6. The summed E-state index contributed by atoms with van der Waals surface area (Å²) in [7, 11) is -3.64. The molecule has 9 heteroatoms. The Balaban J connectivity index is 1.98. The molecule has 0 aliphatic carbocycles. The van der Waals surface area contributed by atoms with Gasteiger partial charge in [-0.05, 0) is 25.0 Å². The third-order valence-corrected chi connectivity index (χ3v) is 5.47. The summed E-state index contributed by atoms with van der Waals surface area (Å²) in [6.07, 6.45) is 0.233. The molecule has 0 saturated carbocycles. The van der Waals surface area contributed by atoms with Crippen molar-refractivity contribution >= 4 is 27.6 Å². The van der Waals surface area contributed by atoms with Gasteiger partial charge in [0.1, 0.15) is 12.1 Å². The highest BCUT2D eigenvalue weighted by molar-refractivity contribution is 7.91. The van der Waals surface area contributed by atoms with Gasteiger partial charge in [0.2, 0.25) is 11.8 Å². The minimum atomic E-state index is -3.64. The van der Waals surface area contributed by atoms with Gasteiger partial charge in [0, 0.05) is 6.42 Å². The average molecular weight is 354 g/mol. The molecule has 0 unspecified atom stereocenters. The third kappa shape index (κ3) is 4.54. The van der Waals surface area contributed by atoms with Gasteiger partial charge in [-0.25, -0.2) is 13.2 Å². The van der Waals surface area contributed by atoms with Crippen LogP contribution in [0, 0.1) is 0 Å². The minimum absolute atomic E-state index is 0.100. The van der Waals surface area contributed by atoms with E-state index in [9.17, 15) is 27.9 Å². The number of sulfone groups is 1. The van der Waals surface area contributed by atoms with E-state index in [1.54, 1.807) is 18.2 Å². The van der Waals surface area contributed by atoms with Crippen LogP contribution in [0.4, 0.5) is 0 Å². The molecule has 24 heavy (non-hydrogen) atoms. The highest BCUT2D eigenvalue weighted by atomic mass is 32.2. The number of benzene rings is 1. The monoisotopic (exact) mass is 354 g/mol. The molecule has 2 rings (SSSR count). The quantitative estimate of drug-likeness (QED) is 0.616. The molecule has 1 heterocycles. The van der Waals surface area contributed by atoms with Crippen LogP contribution >= 0.6 is 0 Å². The van der Waals surface area contributed by atoms with Gasteiger partial charge in [0.05, 0.1) is 10.6 Å². The van der Waals surface area contributed by atoms with Gasteiger partial charge in [-0.3, -0.25) is 9.59 Å². The summed E-state index contributed by atoms with van der Waals surface area (Å²) in [6, 6.07) is 5.57. The van der Waals surface area contributed by atoms with Gasteiger partial charge >= 0.3 is 5.97 Å². The molecule has 1 aromatic rings. The van der Waals surface area contributed by atoms with E-state index in [0.29, 0.717) is 6.42 Å². The van der Waals surface area contributed by atoms with E-state index in [-0.39, 0.29) is 23.6 Å². The number of hydrogen-bond donors (Lipinski definition) is 3. The topological polar surface area (TPSA) is 130 Å². The maximum absolute atomic E-state index is 12.2. The molecule has 130 valence electrons. The van der Waals surface area contributed by atoms with Crippen LogP contribution < -0.4 is 10.6 Å². The number of carbonyl (C=O) groups excluding carboxylic acids is 2. The van der Waals surface area contributed by atoms with E-state index >= 15 is 0 Å². The lowest BCUT2D eigenvalue weighted by molar-refractivity contribution is -0.142. The molecule has 0 bridgehead atoms. The summed E-state index contributed by atoms with van der Waals surface area (Å²) in [5.41, 5.74) is 0. The normalized spacial score (nSPS) is 18.7. The first-order valence-electron chi connectivity index (χ1n) is 7.40. The molecular formula is C15H18N2O6S. The highest BCUT2D eigenvalue weighted by Gasteiger charge is 2.31. The van der Waals surface area contributed by atoms with Crippen molar-refractivity contribution in [1.29, 1.82) is 0 Å². The van der Waals surface area contributed by atoms with Crippen LogP contribution in [-0.2, 0) is 24.2 Å². The molecule has 0 radical (unpaired) electrons. The second-order valence-corrected chi connectivity index (χ2v) is 7.59. The first-order chi connectivity index (χ1) is 11.3. The Morgan fingerprint density at radius 1 is 1.29 bits per heavy atom. The first kappa shape index (κ1) is 17.9. The van der Waals surface area contributed by atoms with Crippen LogP contribution in [-0.4, -0.2) is 49.1 Å². The molecule has 2 atom stereocenters. The molecule has 1 aliphatic heterocycles.